The van der Waals surface area contributed by atoms with Gasteiger partial charge in [-0.15, -0.1) is 10.2 Å². The molecule has 6 nitrogen and oxygen atoms in total. The van der Waals surface area contributed by atoms with Crippen molar-refractivity contribution in [1.82, 2.24) is 15.1 Å². The van der Waals surface area contributed by atoms with Crippen LogP contribution in [0, 0.1) is 0 Å². The number of rotatable bonds is 8. The number of imide groups is 1. The summed E-state index contributed by atoms with van der Waals surface area (Å²) in [7, 11) is 0. The van der Waals surface area contributed by atoms with Crippen molar-refractivity contribution >= 4 is 34.3 Å². The molecule has 2 aromatic carbocycles. The van der Waals surface area contributed by atoms with E-state index in [4.69, 9.17) is 4.42 Å². The molecule has 0 spiro atoms. The Hall–Kier alpha value is -2.67. The maximum atomic E-state index is 12.9. The van der Waals surface area contributed by atoms with Gasteiger partial charge in [-0.2, -0.15) is 0 Å². The molecule has 0 aliphatic carbocycles. The quantitative estimate of drug-likeness (QED) is 0.304. The van der Waals surface area contributed by atoms with Crippen LogP contribution >= 0.6 is 11.8 Å². The Morgan fingerprint density at radius 2 is 1.66 bits per heavy atom. The molecule has 7 heteroatoms. The van der Waals surface area contributed by atoms with Crippen molar-refractivity contribution in [2.24, 2.45) is 0 Å². The van der Waals surface area contributed by atoms with Crippen LogP contribution in [0.3, 0.4) is 0 Å². The zero-order chi connectivity index (χ0) is 20.4. The lowest BCUT2D eigenvalue weighted by molar-refractivity contribution is 0.0607. The molecule has 0 saturated heterocycles. The lowest BCUT2D eigenvalue weighted by Crippen LogP contribution is -2.40. The number of unbranched alkanes of at least 4 members (excludes halogenated alkanes) is 2. The Morgan fingerprint density at radius 1 is 0.966 bits per heavy atom. The van der Waals surface area contributed by atoms with Crippen LogP contribution in [0.5, 0.6) is 0 Å². The summed E-state index contributed by atoms with van der Waals surface area (Å²) in [5.74, 6) is 0.233. The summed E-state index contributed by atoms with van der Waals surface area (Å²) in [6.45, 7) is 4.58. The average molecular weight is 410 g/mol. The fourth-order valence-electron chi connectivity index (χ4n) is 3.59. The first-order chi connectivity index (χ1) is 14.0. The van der Waals surface area contributed by atoms with Crippen molar-refractivity contribution in [3.8, 4) is 0 Å². The number of hydrogen-bond acceptors (Lipinski definition) is 6. The molecule has 2 heterocycles. The molecule has 0 atom stereocenters. The maximum absolute atomic E-state index is 12.9. The number of aromatic nitrogens is 2. The Kier molecular flexibility index (Phi) is 5.67. The van der Waals surface area contributed by atoms with Gasteiger partial charge in [-0.3, -0.25) is 14.5 Å². The summed E-state index contributed by atoms with van der Waals surface area (Å²) in [5, 5.41) is 10.8. The molecule has 0 N–H and O–H groups in total. The zero-order valence-corrected chi connectivity index (χ0v) is 17.4. The Labute approximate surface area is 173 Å². The minimum Gasteiger partial charge on any atom is -0.416 e. The van der Waals surface area contributed by atoms with Gasteiger partial charge in [-0.25, -0.2) is 0 Å². The standard InChI is InChI=1S/C22H23N3O3S/c1-14(2)29-22-24-23-18(28-22)12-4-3-5-13-25-20(26)16-10-6-8-15-9-7-11-17(19(15)16)21(25)27/h6-11,14H,3-5,12-13H2,1-2H3. The number of hydrogen-bond donors (Lipinski definition) is 0. The lowest BCUT2D eigenvalue weighted by atomic mass is 9.94. The first-order valence-corrected chi connectivity index (χ1v) is 10.8. The van der Waals surface area contributed by atoms with Crippen LogP contribution in [-0.4, -0.2) is 38.7 Å². The minimum absolute atomic E-state index is 0.202. The fourth-order valence-corrected chi connectivity index (χ4v) is 4.23. The molecule has 3 aromatic rings. The highest BCUT2D eigenvalue weighted by molar-refractivity contribution is 7.99. The van der Waals surface area contributed by atoms with Gasteiger partial charge in [0.1, 0.15) is 0 Å². The van der Waals surface area contributed by atoms with Gasteiger partial charge in [-0.1, -0.05) is 56.3 Å². The van der Waals surface area contributed by atoms with Gasteiger partial charge in [0.2, 0.25) is 5.89 Å². The molecule has 4 rings (SSSR count). The van der Waals surface area contributed by atoms with E-state index >= 15 is 0 Å². The highest BCUT2D eigenvalue weighted by atomic mass is 32.2. The van der Waals surface area contributed by atoms with Crippen molar-refractivity contribution in [2.45, 2.75) is 50.0 Å². The molecule has 0 unspecified atom stereocenters. The zero-order valence-electron chi connectivity index (χ0n) is 16.6. The largest absolute Gasteiger partial charge is 0.416 e. The van der Waals surface area contributed by atoms with E-state index in [1.807, 2.05) is 24.3 Å². The molecule has 2 amide bonds. The minimum atomic E-state index is -0.202. The highest BCUT2D eigenvalue weighted by Gasteiger charge is 2.31. The molecule has 0 saturated carbocycles. The molecule has 0 fully saturated rings. The SMILES string of the molecule is CC(C)Sc1nnc(CCCCCN2C(=O)c3cccc4cccc(c34)C2=O)o1. The lowest BCUT2D eigenvalue weighted by Gasteiger charge is -2.27. The number of benzene rings is 2. The van der Waals surface area contributed by atoms with E-state index in [1.165, 1.54) is 4.90 Å². The summed E-state index contributed by atoms with van der Waals surface area (Å²) >= 11 is 1.55. The molecular weight excluding hydrogens is 386 g/mol. The van der Waals surface area contributed by atoms with Gasteiger partial charge in [0.25, 0.3) is 17.0 Å². The summed E-state index contributed by atoms with van der Waals surface area (Å²) in [6.07, 6.45) is 3.20. The van der Waals surface area contributed by atoms with Crippen LogP contribution in [0.1, 0.15) is 59.7 Å². The van der Waals surface area contributed by atoms with Gasteiger partial charge in [-0.05, 0) is 30.4 Å². The number of aryl methyl sites for hydroxylation is 1. The van der Waals surface area contributed by atoms with Crippen molar-refractivity contribution < 1.29 is 14.0 Å². The second-order valence-electron chi connectivity index (χ2n) is 7.41. The van der Waals surface area contributed by atoms with E-state index < -0.39 is 0 Å². The molecule has 1 aliphatic rings. The first kappa shape index (κ1) is 19.6. The van der Waals surface area contributed by atoms with Crippen molar-refractivity contribution in [3.63, 3.8) is 0 Å². The summed E-state index contributed by atoms with van der Waals surface area (Å²) < 4.78 is 5.62. The van der Waals surface area contributed by atoms with Crippen LogP contribution in [0.4, 0.5) is 0 Å². The third-order valence-electron chi connectivity index (χ3n) is 4.91. The molecule has 0 bridgehead atoms. The molecular formula is C22H23N3O3S. The number of nitrogens with zero attached hydrogens (tertiary/aromatic N) is 3. The van der Waals surface area contributed by atoms with E-state index in [0.29, 0.717) is 40.5 Å². The number of carbonyl (C=O) groups excluding carboxylic acids is 2. The predicted molar refractivity (Wildman–Crippen MR) is 112 cm³/mol. The van der Waals surface area contributed by atoms with Crippen molar-refractivity contribution in [2.75, 3.05) is 6.54 Å². The number of carbonyl (C=O) groups is 2. The van der Waals surface area contributed by atoms with Gasteiger partial charge in [0.15, 0.2) is 0 Å². The Bertz CT molecular complexity index is 1010. The fraction of sp³-hybridized carbons (Fsp3) is 0.364. The predicted octanol–water partition coefficient (Wildman–Crippen LogP) is 4.73. The second-order valence-corrected chi connectivity index (χ2v) is 8.94. The number of thioether (sulfide) groups is 1. The van der Waals surface area contributed by atoms with Gasteiger partial charge in [0, 0.05) is 34.7 Å². The van der Waals surface area contributed by atoms with E-state index in [1.54, 1.807) is 23.9 Å². The summed E-state index contributed by atoms with van der Waals surface area (Å²) in [4.78, 5) is 27.1. The second kappa shape index (κ2) is 8.37. The third kappa shape index (κ3) is 4.05. The molecule has 1 aliphatic heterocycles. The van der Waals surface area contributed by atoms with Gasteiger partial charge < -0.3 is 4.42 Å². The van der Waals surface area contributed by atoms with Crippen LogP contribution in [0.25, 0.3) is 10.8 Å². The topological polar surface area (TPSA) is 76.3 Å². The van der Waals surface area contributed by atoms with E-state index in [0.717, 1.165) is 30.0 Å². The molecule has 1 aromatic heterocycles. The average Bonchev–Trinajstić information content (AvgIpc) is 3.14. The van der Waals surface area contributed by atoms with Crippen LogP contribution in [-0.2, 0) is 6.42 Å². The molecule has 150 valence electrons. The monoisotopic (exact) mass is 409 g/mol. The summed E-state index contributed by atoms with van der Waals surface area (Å²) in [6, 6.07) is 11.2. The van der Waals surface area contributed by atoms with Crippen molar-refractivity contribution in [1.29, 1.82) is 0 Å². The van der Waals surface area contributed by atoms with Gasteiger partial charge >= 0.3 is 0 Å². The van der Waals surface area contributed by atoms with E-state index in [2.05, 4.69) is 24.0 Å². The number of amides is 2. The van der Waals surface area contributed by atoms with Crippen LogP contribution < -0.4 is 0 Å². The molecule has 0 radical (unpaired) electrons. The van der Waals surface area contributed by atoms with Crippen LogP contribution in [0.2, 0.25) is 0 Å². The Morgan fingerprint density at radius 3 is 2.31 bits per heavy atom. The summed E-state index contributed by atoms with van der Waals surface area (Å²) in [5.41, 5.74) is 1.22. The van der Waals surface area contributed by atoms with Gasteiger partial charge in [0.05, 0.1) is 0 Å². The van der Waals surface area contributed by atoms with E-state index in [9.17, 15) is 9.59 Å². The maximum Gasteiger partial charge on any atom is 0.276 e. The Balaban J connectivity index is 1.33. The smallest absolute Gasteiger partial charge is 0.276 e. The van der Waals surface area contributed by atoms with E-state index in [-0.39, 0.29) is 11.8 Å². The van der Waals surface area contributed by atoms with Crippen molar-refractivity contribution in [3.05, 3.63) is 53.4 Å². The first-order valence-electron chi connectivity index (χ1n) is 9.91. The van der Waals surface area contributed by atoms with Crippen LogP contribution in [0.15, 0.2) is 46.0 Å². The normalized spacial score (nSPS) is 13.7. The highest BCUT2D eigenvalue weighted by Crippen LogP contribution is 2.30. The molecule has 29 heavy (non-hydrogen) atoms. The third-order valence-corrected chi connectivity index (χ3v) is 5.75.